The molecule has 4 rings (SSSR count). The minimum absolute atomic E-state index is 0.171. The van der Waals surface area contributed by atoms with Crippen LogP contribution < -0.4 is 15.4 Å². The van der Waals surface area contributed by atoms with Crippen LogP contribution in [0.15, 0.2) is 30.3 Å². The van der Waals surface area contributed by atoms with Crippen molar-refractivity contribution in [1.29, 1.82) is 0 Å². The predicted octanol–water partition coefficient (Wildman–Crippen LogP) is 1.67. The number of hydrogen-bond acceptors (Lipinski definition) is 8. The van der Waals surface area contributed by atoms with Crippen molar-refractivity contribution in [2.45, 2.75) is 108 Å². The van der Waals surface area contributed by atoms with Gasteiger partial charge in [0.15, 0.2) is 0 Å². The van der Waals surface area contributed by atoms with E-state index in [0.29, 0.717) is 18.4 Å². The van der Waals surface area contributed by atoms with E-state index in [0.717, 1.165) is 0 Å². The summed E-state index contributed by atoms with van der Waals surface area (Å²) in [5, 5.41) is 16.4. The van der Waals surface area contributed by atoms with E-state index in [1.54, 1.807) is 71.9 Å². The number of amides is 4. The topological polar surface area (TPSA) is 171 Å². The number of sulfonamides is 1. The Morgan fingerprint density at radius 3 is 2.12 bits per heavy atom. The predicted molar refractivity (Wildman–Crippen MR) is 153 cm³/mol. The fourth-order valence-electron chi connectivity index (χ4n) is 5.09. The third-order valence-corrected chi connectivity index (χ3v) is 9.57. The molecule has 232 valence electrons. The molecule has 1 heterocycles. The second kappa shape index (κ2) is 10.8. The first-order valence-electron chi connectivity index (χ1n) is 14.2. The maximum atomic E-state index is 14.1. The van der Waals surface area contributed by atoms with Crippen LogP contribution in [0.1, 0.15) is 79.2 Å². The number of aliphatic hydroxyl groups is 1. The first kappa shape index (κ1) is 31.7. The number of benzene rings is 1. The summed E-state index contributed by atoms with van der Waals surface area (Å²) >= 11 is 0. The van der Waals surface area contributed by atoms with E-state index in [2.05, 4.69) is 15.4 Å². The Morgan fingerprint density at radius 2 is 1.62 bits per heavy atom. The molecule has 2 saturated carbocycles. The smallest absolute Gasteiger partial charge is 0.408 e. The molecule has 4 amide bonds. The lowest BCUT2D eigenvalue weighted by atomic mass is 9.85. The molecule has 3 aliphatic rings. The Hall–Kier alpha value is -3.19. The minimum atomic E-state index is -3.82. The molecule has 3 fully saturated rings. The van der Waals surface area contributed by atoms with Crippen molar-refractivity contribution >= 4 is 33.8 Å². The number of carbonyl (C=O) groups excluding carboxylic acids is 4. The monoisotopic (exact) mass is 606 g/mol. The standard InChI is InChI=1S/C29H42N4O8S/c1-26(2,3)21(30-25(37)41-27(4,5)6)23(35)33-17-29(38,18-10-8-7-9-11-18)16-20(33)22(34)31-28(14-15-28)24(36)32-42(39,40)19-12-13-19/h7-11,19-21,38H,12-17H2,1-6H3,(H,30,37)(H,31,34)(H,32,36)/t20-,21+,29-/m0/s1. The van der Waals surface area contributed by atoms with Crippen molar-refractivity contribution in [1.82, 2.24) is 20.3 Å². The summed E-state index contributed by atoms with van der Waals surface area (Å²) < 4.78 is 32.2. The number of alkyl carbamates (subject to hydrolysis) is 1. The van der Waals surface area contributed by atoms with E-state index in [1.807, 2.05) is 0 Å². The lowest BCUT2D eigenvalue weighted by Crippen LogP contribution is -2.60. The molecule has 2 aliphatic carbocycles. The van der Waals surface area contributed by atoms with Gasteiger partial charge in [0.25, 0.3) is 5.91 Å². The van der Waals surface area contributed by atoms with Crippen LogP contribution in [-0.2, 0) is 34.7 Å². The van der Waals surface area contributed by atoms with Gasteiger partial charge in [0, 0.05) is 6.42 Å². The second-order valence-electron chi connectivity index (χ2n) is 13.8. The zero-order valence-electron chi connectivity index (χ0n) is 25.0. The first-order chi connectivity index (χ1) is 19.3. The highest BCUT2D eigenvalue weighted by molar-refractivity contribution is 7.91. The molecule has 1 saturated heterocycles. The zero-order valence-corrected chi connectivity index (χ0v) is 25.8. The summed E-state index contributed by atoms with van der Waals surface area (Å²) in [6, 6.07) is 6.31. The van der Waals surface area contributed by atoms with Crippen LogP contribution in [0.3, 0.4) is 0 Å². The Morgan fingerprint density at radius 1 is 1.02 bits per heavy atom. The highest BCUT2D eigenvalue weighted by Crippen LogP contribution is 2.40. The average Bonchev–Trinajstić information content (AvgIpc) is 3.79. The first-order valence-corrected chi connectivity index (χ1v) is 15.8. The van der Waals surface area contributed by atoms with Gasteiger partial charge in [-0.25, -0.2) is 13.2 Å². The summed E-state index contributed by atoms with van der Waals surface area (Å²) in [6.07, 6.45) is 0.449. The van der Waals surface area contributed by atoms with Gasteiger partial charge >= 0.3 is 6.09 Å². The molecule has 13 heteroatoms. The molecule has 4 N–H and O–H groups in total. The van der Waals surface area contributed by atoms with E-state index >= 15 is 0 Å². The molecule has 0 aromatic heterocycles. The number of carbonyl (C=O) groups is 4. The number of likely N-dealkylation sites (tertiary alicyclic amines) is 1. The SMILES string of the molecule is CC(C)(C)OC(=O)N[C@H](C(=O)N1C[C@](O)(c2ccccc2)C[C@H]1C(=O)NC1(C(=O)NS(=O)(=O)C2CC2)CC1)C(C)(C)C. The third kappa shape index (κ3) is 7.05. The highest BCUT2D eigenvalue weighted by Gasteiger charge is 2.57. The molecular formula is C29H42N4O8S. The average molecular weight is 607 g/mol. The van der Waals surface area contributed by atoms with Crippen LogP contribution in [-0.4, -0.2) is 77.3 Å². The van der Waals surface area contributed by atoms with Gasteiger partial charge in [-0.05, 0) is 57.4 Å². The number of nitrogens with one attached hydrogen (secondary N) is 3. The van der Waals surface area contributed by atoms with Crippen molar-refractivity contribution in [2.24, 2.45) is 5.41 Å². The lowest BCUT2D eigenvalue weighted by molar-refractivity contribution is -0.143. The van der Waals surface area contributed by atoms with Gasteiger partial charge in [-0.2, -0.15) is 0 Å². The van der Waals surface area contributed by atoms with E-state index < -0.39 is 73.3 Å². The van der Waals surface area contributed by atoms with E-state index in [1.165, 1.54) is 4.90 Å². The van der Waals surface area contributed by atoms with Gasteiger partial charge in [-0.15, -0.1) is 0 Å². The Bertz CT molecular complexity index is 1340. The van der Waals surface area contributed by atoms with Crippen molar-refractivity contribution in [3.05, 3.63) is 35.9 Å². The van der Waals surface area contributed by atoms with Crippen LogP contribution >= 0.6 is 0 Å². The fourth-order valence-corrected chi connectivity index (χ4v) is 6.47. The van der Waals surface area contributed by atoms with Gasteiger partial charge in [-0.3, -0.25) is 19.1 Å². The van der Waals surface area contributed by atoms with Gasteiger partial charge in [0.05, 0.1) is 11.8 Å². The van der Waals surface area contributed by atoms with Crippen molar-refractivity contribution in [3.8, 4) is 0 Å². The van der Waals surface area contributed by atoms with Crippen LogP contribution in [0.4, 0.5) is 4.79 Å². The number of ether oxygens (including phenoxy) is 1. The van der Waals surface area contributed by atoms with Crippen molar-refractivity contribution in [3.63, 3.8) is 0 Å². The quantitative estimate of drug-likeness (QED) is 0.346. The zero-order chi connectivity index (χ0) is 31.3. The molecular weight excluding hydrogens is 564 g/mol. The van der Waals surface area contributed by atoms with Crippen LogP contribution in [0.2, 0.25) is 0 Å². The van der Waals surface area contributed by atoms with E-state index in [9.17, 15) is 32.7 Å². The van der Waals surface area contributed by atoms with Crippen LogP contribution in [0.25, 0.3) is 0 Å². The molecule has 0 bridgehead atoms. The van der Waals surface area contributed by atoms with Gasteiger partial charge in [0.1, 0.15) is 28.8 Å². The molecule has 42 heavy (non-hydrogen) atoms. The maximum absolute atomic E-state index is 14.1. The molecule has 1 aliphatic heterocycles. The third-order valence-electron chi connectivity index (χ3n) is 7.76. The molecule has 0 radical (unpaired) electrons. The molecule has 3 atom stereocenters. The summed E-state index contributed by atoms with van der Waals surface area (Å²) in [4.78, 5) is 54.8. The number of nitrogens with zero attached hydrogens (tertiary/aromatic N) is 1. The number of rotatable bonds is 8. The van der Waals surface area contributed by atoms with E-state index in [-0.39, 0.29) is 25.8 Å². The number of hydrogen-bond donors (Lipinski definition) is 4. The minimum Gasteiger partial charge on any atom is -0.444 e. The van der Waals surface area contributed by atoms with Crippen molar-refractivity contribution < 1.29 is 37.4 Å². The molecule has 1 aromatic rings. The Balaban J connectivity index is 1.61. The van der Waals surface area contributed by atoms with Crippen molar-refractivity contribution in [2.75, 3.05) is 6.54 Å². The fraction of sp³-hybridized carbons (Fsp3) is 0.655. The molecule has 1 aromatic carbocycles. The lowest BCUT2D eigenvalue weighted by Gasteiger charge is -2.36. The van der Waals surface area contributed by atoms with Crippen LogP contribution in [0.5, 0.6) is 0 Å². The van der Waals surface area contributed by atoms with Gasteiger partial charge in [-0.1, -0.05) is 51.1 Å². The second-order valence-corrected chi connectivity index (χ2v) is 15.7. The van der Waals surface area contributed by atoms with Crippen LogP contribution in [0, 0.1) is 5.41 Å². The summed E-state index contributed by atoms with van der Waals surface area (Å²) in [5.41, 5.74) is -4.14. The Kier molecular flexibility index (Phi) is 8.18. The molecule has 12 nitrogen and oxygen atoms in total. The molecule has 0 unspecified atom stereocenters. The summed E-state index contributed by atoms with van der Waals surface area (Å²) in [7, 11) is -3.82. The maximum Gasteiger partial charge on any atom is 0.408 e. The van der Waals surface area contributed by atoms with Gasteiger partial charge < -0.3 is 25.4 Å². The van der Waals surface area contributed by atoms with E-state index in [4.69, 9.17) is 4.74 Å². The largest absolute Gasteiger partial charge is 0.444 e. The number of β-amino-alcohol motifs (C(OH)–C–C–N with tert-alkyl or cyclic N) is 1. The molecule has 0 spiro atoms. The normalized spacial score (nSPS) is 24.4. The highest BCUT2D eigenvalue weighted by atomic mass is 32.2. The summed E-state index contributed by atoms with van der Waals surface area (Å²) in [5.74, 6) is -2.11. The van der Waals surface area contributed by atoms with Gasteiger partial charge in [0.2, 0.25) is 21.8 Å². The Labute approximate surface area is 247 Å². The summed E-state index contributed by atoms with van der Waals surface area (Å²) in [6.45, 7) is 10.1.